The number of hydrogen-bond donors (Lipinski definition) is 1. The average Bonchev–Trinajstić information content (AvgIpc) is 3.00. The van der Waals surface area contributed by atoms with E-state index in [9.17, 15) is 14.4 Å². The van der Waals surface area contributed by atoms with Gasteiger partial charge in [0.2, 0.25) is 11.8 Å². The van der Waals surface area contributed by atoms with Crippen LogP contribution in [0.2, 0.25) is 0 Å². The fraction of sp³-hybridized carbons (Fsp3) is 0.625. The number of carbonyl (C=O) groups is 3. The molecule has 1 unspecified atom stereocenters. The van der Waals surface area contributed by atoms with Crippen LogP contribution in [-0.4, -0.2) is 63.4 Å². The molecule has 3 rings (SSSR count). The topological polar surface area (TPSA) is 87.5 Å². The summed E-state index contributed by atoms with van der Waals surface area (Å²) >= 11 is 0. The van der Waals surface area contributed by atoms with Gasteiger partial charge < -0.3 is 14.8 Å². The van der Waals surface area contributed by atoms with Gasteiger partial charge in [0.25, 0.3) is 0 Å². The first kappa shape index (κ1) is 16.5. The van der Waals surface area contributed by atoms with Crippen molar-refractivity contribution in [3.63, 3.8) is 0 Å². The molecule has 1 aromatic rings. The standard InChI is InChI=1S/C16H23N5O3/c1-11-8-20-9-12(5-6-13(20)17-11)18-14(22)4-3-7-21-15(23)10-19(2)16(21)24/h8,12H,3-7,9-10H2,1-2H3,(H,18,22). The fourth-order valence-electron chi connectivity index (χ4n) is 3.29. The molecule has 24 heavy (non-hydrogen) atoms. The number of aryl methyl sites for hydroxylation is 2. The maximum Gasteiger partial charge on any atom is 0.326 e. The normalized spacial score (nSPS) is 20.5. The molecular weight excluding hydrogens is 310 g/mol. The summed E-state index contributed by atoms with van der Waals surface area (Å²) in [5, 5.41) is 3.04. The highest BCUT2D eigenvalue weighted by atomic mass is 16.2. The quantitative estimate of drug-likeness (QED) is 0.785. The van der Waals surface area contributed by atoms with Gasteiger partial charge in [0.05, 0.1) is 5.69 Å². The van der Waals surface area contributed by atoms with Crippen LogP contribution in [-0.2, 0) is 22.6 Å². The van der Waals surface area contributed by atoms with Gasteiger partial charge in [0.1, 0.15) is 12.4 Å². The lowest BCUT2D eigenvalue weighted by Crippen LogP contribution is -2.41. The maximum absolute atomic E-state index is 12.1. The van der Waals surface area contributed by atoms with Crippen molar-refractivity contribution in [1.82, 2.24) is 24.7 Å². The number of urea groups is 1. The van der Waals surface area contributed by atoms with E-state index in [4.69, 9.17) is 0 Å². The Labute approximate surface area is 140 Å². The number of fused-ring (bicyclic) bond motifs is 1. The molecule has 0 saturated carbocycles. The van der Waals surface area contributed by atoms with Crippen molar-refractivity contribution >= 4 is 17.8 Å². The van der Waals surface area contributed by atoms with Crippen molar-refractivity contribution in [2.45, 2.75) is 45.2 Å². The Morgan fingerprint density at radius 1 is 1.42 bits per heavy atom. The van der Waals surface area contributed by atoms with E-state index < -0.39 is 0 Å². The van der Waals surface area contributed by atoms with Crippen LogP contribution in [0.4, 0.5) is 4.79 Å². The van der Waals surface area contributed by atoms with Gasteiger partial charge >= 0.3 is 6.03 Å². The molecule has 130 valence electrons. The van der Waals surface area contributed by atoms with E-state index in [1.54, 1.807) is 7.05 Å². The van der Waals surface area contributed by atoms with E-state index >= 15 is 0 Å². The van der Waals surface area contributed by atoms with Crippen molar-refractivity contribution in [3.8, 4) is 0 Å². The van der Waals surface area contributed by atoms with Crippen molar-refractivity contribution in [1.29, 1.82) is 0 Å². The molecule has 0 bridgehead atoms. The molecule has 2 aliphatic heterocycles. The van der Waals surface area contributed by atoms with E-state index in [1.807, 2.05) is 13.1 Å². The lowest BCUT2D eigenvalue weighted by atomic mass is 10.1. The van der Waals surface area contributed by atoms with Crippen LogP contribution in [0.25, 0.3) is 0 Å². The van der Waals surface area contributed by atoms with Crippen molar-refractivity contribution in [2.75, 3.05) is 20.1 Å². The van der Waals surface area contributed by atoms with Gasteiger partial charge in [-0.1, -0.05) is 0 Å². The van der Waals surface area contributed by atoms with E-state index in [-0.39, 0.29) is 30.4 Å². The summed E-state index contributed by atoms with van der Waals surface area (Å²) in [5.41, 5.74) is 1.00. The molecule has 0 radical (unpaired) electrons. The summed E-state index contributed by atoms with van der Waals surface area (Å²) in [4.78, 5) is 42.6. The number of aromatic nitrogens is 2. The Hall–Kier alpha value is -2.38. The second kappa shape index (κ2) is 6.62. The number of carbonyl (C=O) groups excluding carboxylic acids is 3. The molecule has 2 aliphatic rings. The number of imidazole rings is 1. The highest BCUT2D eigenvalue weighted by Crippen LogP contribution is 2.15. The molecule has 1 aromatic heterocycles. The number of nitrogens with one attached hydrogen (secondary N) is 1. The molecule has 8 heteroatoms. The molecule has 1 saturated heterocycles. The molecule has 8 nitrogen and oxygen atoms in total. The SMILES string of the molecule is Cc1cn2c(n1)CCC(NC(=O)CCCN1C(=O)CN(C)C1=O)C2. The summed E-state index contributed by atoms with van der Waals surface area (Å²) in [6, 6.07) is -0.171. The Kier molecular flexibility index (Phi) is 4.55. The Morgan fingerprint density at radius 3 is 2.92 bits per heavy atom. The predicted molar refractivity (Wildman–Crippen MR) is 86.2 cm³/mol. The summed E-state index contributed by atoms with van der Waals surface area (Å²) in [6.07, 6.45) is 4.55. The zero-order chi connectivity index (χ0) is 17.3. The van der Waals surface area contributed by atoms with Crippen LogP contribution in [0.3, 0.4) is 0 Å². The van der Waals surface area contributed by atoms with E-state index in [0.29, 0.717) is 19.4 Å². The lowest BCUT2D eigenvalue weighted by molar-refractivity contribution is -0.126. The average molecular weight is 333 g/mol. The van der Waals surface area contributed by atoms with Crippen LogP contribution in [0.1, 0.15) is 30.8 Å². The van der Waals surface area contributed by atoms with Gasteiger partial charge in [-0.15, -0.1) is 0 Å². The van der Waals surface area contributed by atoms with Crippen LogP contribution in [0.5, 0.6) is 0 Å². The third-order valence-corrected chi connectivity index (χ3v) is 4.49. The molecule has 1 fully saturated rings. The molecule has 0 aromatic carbocycles. The molecule has 0 aliphatic carbocycles. The number of amides is 4. The van der Waals surface area contributed by atoms with Crippen molar-refractivity contribution in [3.05, 3.63) is 17.7 Å². The Bertz CT molecular complexity index is 669. The number of imide groups is 1. The number of nitrogens with zero attached hydrogens (tertiary/aromatic N) is 4. The zero-order valence-corrected chi connectivity index (χ0v) is 14.1. The summed E-state index contributed by atoms with van der Waals surface area (Å²) in [5.74, 6) is 0.846. The van der Waals surface area contributed by atoms with Gasteiger partial charge in [-0.3, -0.25) is 14.5 Å². The Morgan fingerprint density at radius 2 is 2.21 bits per heavy atom. The van der Waals surface area contributed by atoms with Crippen molar-refractivity contribution < 1.29 is 14.4 Å². The Balaban J connectivity index is 1.42. The van der Waals surface area contributed by atoms with Crippen LogP contribution < -0.4 is 5.32 Å². The second-order valence-electron chi connectivity index (χ2n) is 6.54. The third-order valence-electron chi connectivity index (χ3n) is 4.49. The smallest absolute Gasteiger partial charge is 0.326 e. The zero-order valence-electron chi connectivity index (χ0n) is 14.1. The van der Waals surface area contributed by atoms with Gasteiger partial charge in [-0.05, 0) is 19.8 Å². The first-order valence-corrected chi connectivity index (χ1v) is 8.31. The minimum atomic E-state index is -0.282. The second-order valence-corrected chi connectivity index (χ2v) is 6.54. The van der Waals surface area contributed by atoms with Gasteiger partial charge in [0, 0.05) is 45.2 Å². The van der Waals surface area contributed by atoms with Crippen LogP contribution in [0, 0.1) is 6.92 Å². The molecule has 0 spiro atoms. The van der Waals surface area contributed by atoms with E-state index in [1.165, 1.54) is 9.80 Å². The molecule has 1 atom stereocenters. The lowest BCUT2D eigenvalue weighted by Gasteiger charge is -2.24. The first-order valence-electron chi connectivity index (χ1n) is 8.31. The minimum absolute atomic E-state index is 0.0345. The first-order chi connectivity index (χ1) is 11.4. The predicted octanol–water partition coefficient (Wildman–Crippen LogP) is 0.297. The summed E-state index contributed by atoms with van der Waals surface area (Å²) < 4.78 is 2.10. The summed E-state index contributed by atoms with van der Waals surface area (Å²) in [7, 11) is 1.60. The number of hydrogen-bond acceptors (Lipinski definition) is 4. The van der Waals surface area contributed by atoms with Gasteiger partial charge in [0.15, 0.2) is 0 Å². The molecule has 1 N–H and O–H groups in total. The van der Waals surface area contributed by atoms with Crippen molar-refractivity contribution in [2.24, 2.45) is 0 Å². The maximum atomic E-state index is 12.1. The van der Waals surface area contributed by atoms with E-state index in [2.05, 4.69) is 14.9 Å². The van der Waals surface area contributed by atoms with E-state index in [0.717, 1.165) is 30.9 Å². The number of rotatable bonds is 5. The minimum Gasteiger partial charge on any atom is -0.352 e. The van der Waals surface area contributed by atoms with Crippen LogP contribution >= 0.6 is 0 Å². The van der Waals surface area contributed by atoms with Crippen LogP contribution in [0.15, 0.2) is 6.20 Å². The fourth-order valence-corrected chi connectivity index (χ4v) is 3.29. The number of likely N-dealkylation sites (N-methyl/N-ethyl adjacent to an activating group) is 1. The largest absolute Gasteiger partial charge is 0.352 e. The van der Waals surface area contributed by atoms with Gasteiger partial charge in [-0.2, -0.15) is 0 Å². The highest BCUT2D eigenvalue weighted by Gasteiger charge is 2.33. The monoisotopic (exact) mass is 333 g/mol. The summed E-state index contributed by atoms with van der Waals surface area (Å²) in [6.45, 7) is 3.14. The molecular formula is C16H23N5O3. The highest BCUT2D eigenvalue weighted by molar-refractivity contribution is 6.01. The molecule has 4 amide bonds. The molecule has 3 heterocycles. The third kappa shape index (κ3) is 3.42. The van der Waals surface area contributed by atoms with Gasteiger partial charge in [-0.25, -0.2) is 9.78 Å².